The van der Waals surface area contributed by atoms with Crippen LogP contribution in [-0.2, 0) is 14.3 Å². The van der Waals surface area contributed by atoms with Crippen molar-refractivity contribution in [3.05, 3.63) is 43.0 Å². The van der Waals surface area contributed by atoms with Crippen LogP contribution in [0.4, 0.5) is 0 Å². The van der Waals surface area contributed by atoms with E-state index in [-0.39, 0.29) is 25.0 Å². The molecule has 1 aromatic rings. The van der Waals surface area contributed by atoms with E-state index in [9.17, 15) is 8.42 Å². The zero-order valence-corrected chi connectivity index (χ0v) is 9.33. The molecule has 0 aromatic heterocycles. The smallest absolute Gasteiger partial charge is 0.262 e. The second-order valence-electron chi connectivity index (χ2n) is 2.34. The summed E-state index contributed by atoms with van der Waals surface area (Å²) >= 11 is 0. The predicted octanol–water partition coefficient (Wildman–Crippen LogP) is 1.69. The Morgan fingerprint density at radius 3 is 2.36 bits per heavy atom. The SMILES string of the molecule is C=CCOS(=O)(=O)c1ccccc1.S. The Bertz CT molecular complexity index is 370. The Kier molecular flexibility index (Phi) is 5.52. The number of rotatable bonds is 4. The van der Waals surface area contributed by atoms with Gasteiger partial charge in [-0.05, 0) is 12.1 Å². The summed E-state index contributed by atoms with van der Waals surface area (Å²) in [5.74, 6) is 0. The lowest BCUT2D eigenvalue weighted by molar-refractivity contribution is 0.357. The van der Waals surface area contributed by atoms with Crippen molar-refractivity contribution < 1.29 is 12.6 Å². The molecule has 0 atom stereocenters. The van der Waals surface area contributed by atoms with Crippen molar-refractivity contribution in [3.63, 3.8) is 0 Å². The Balaban J connectivity index is 0.00000169. The van der Waals surface area contributed by atoms with Crippen molar-refractivity contribution in [1.82, 2.24) is 0 Å². The molecule has 0 saturated carbocycles. The fraction of sp³-hybridized carbons (Fsp3) is 0.111. The zero-order valence-electron chi connectivity index (χ0n) is 7.51. The topological polar surface area (TPSA) is 43.4 Å². The minimum absolute atomic E-state index is 0. The third kappa shape index (κ3) is 3.53. The average molecular weight is 232 g/mol. The van der Waals surface area contributed by atoms with Crippen LogP contribution in [0.3, 0.4) is 0 Å². The summed E-state index contributed by atoms with van der Waals surface area (Å²) < 4.78 is 27.3. The van der Waals surface area contributed by atoms with E-state index >= 15 is 0 Å². The van der Waals surface area contributed by atoms with Crippen LogP contribution in [-0.4, -0.2) is 15.0 Å². The average Bonchev–Trinajstić information content (AvgIpc) is 2.16. The lowest BCUT2D eigenvalue weighted by Crippen LogP contribution is -2.05. The molecule has 0 bridgehead atoms. The molecule has 0 radical (unpaired) electrons. The van der Waals surface area contributed by atoms with Crippen molar-refractivity contribution in [3.8, 4) is 0 Å². The van der Waals surface area contributed by atoms with E-state index in [0.717, 1.165) is 0 Å². The van der Waals surface area contributed by atoms with E-state index in [4.69, 9.17) is 0 Å². The standard InChI is InChI=1S/C9H10O3S.H2S/c1-2-8-12-13(10,11)9-6-4-3-5-7-9;/h2-7H,1,8H2;1H2. The quantitative estimate of drug-likeness (QED) is 0.586. The molecule has 0 aliphatic heterocycles. The fourth-order valence-electron chi connectivity index (χ4n) is 0.793. The van der Waals surface area contributed by atoms with Gasteiger partial charge in [0.1, 0.15) is 0 Å². The minimum atomic E-state index is -3.59. The molecule has 0 saturated heterocycles. The Labute approximate surface area is 91.0 Å². The first-order chi connectivity index (χ1) is 6.17. The highest BCUT2D eigenvalue weighted by atomic mass is 32.2. The van der Waals surface area contributed by atoms with Crippen LogP contribution in [0, 0.1) is 0 Å². The van der Waals surface area contributed by atoms with Crippen LogP contribution >= 0.6 is 13.5 Å². The molecule has 0 unspecified atom stereocenters. The Hall–Kier alpha value is -0.780. The molecule has 5 heteroatoms. The molecule has 0 N–H and O–H groups in total. The monoisotopic (exact) mass is 232 g/mol. The first kappa shape index (κ1) is 13.2. The number of hydrogen-bond acceptors (Lipinski definition) is 3. The van der Waals surface area contributed by atoms with Gasteiger partial charge in [0.2, 0.25) is 0 Å². The molecule has 14 heavy (non-hydrogen) atoms. The lowest BCUT2D eigenvalue weighted by atomic mass is 10.4. The maximum Gasteiger partial charge on any atom is 0.297 e. The van der Waals surface area contributed by atoms with E-state index in [2.05, 4.69) is 10.8 Å². The van der Waals surface area contributed by atoms with Crippen LogP contribution in [0.15, 0.2) is 47.9 Å². The van der Waals surface area contributed by atoms with Crippen LogP contribution in [0.2, 0.25) is 0 Å². The van der Waals surface area contributed by atoms with Crippen molar-refractivity contribution in [2.75, 3.05) is 6.61 Å². The molecule has 0 aliphatic rings. The highest BCUT2D eigenvalue weighted by Gasteiger charge is 2.12. The number of hydrogen-bond donors (Lipinski definition) is 0. The van der Waals surface area contributed by atoms with Gasteiger partial charge in [0.05, 0.1) is 11.5 Å². The summed E-state index contributed by atoms with van der Waals surface area (Å²) in [7, 11) is -3.59. The summed E-state index contributed by atoms with van der Waals surface area (Å²) in [6.07, 6.45) is 1.39. The second-order valence-corrected chi connectivity index (χ2v) is 3.96. The van der Waals surface area contributed by atoms with Crippen LogP contribution < -0.4 is 0 Å². The predicted molar refractivity (Wildman–Crippen MR) is 60.2 cm³/mol. The molecule has 0 fully saturated rings. The maximum absolute atomic E-state index is 11.3. The highest BCUT2D eigenvalue weighted by Crippen LogP contribution is 2.10. The van der Waals surface area contributed by atoms with E-state index in [0.29, 0.717) is 0 Å². The van der Waals surface area contributed by atoms with Gasteiger partial charge in [-0.1, -0.05) is 24.3 Å². The first-order valence-electron chi connectivity index (χ1n) is 3.72. The summed E-state index contributed by atoms with van der Waals surface area (Å²) in [5, 5.41) is 0. The lowest BCUT2D eigenvalue weighted by Gasteiger charge is -2.01. The summed E-state index contributed by atoms with van der Waals surface area (Å²) in [6, 6.07) is 8.00. The van der Waals surface area contributed by atoms with Gasteiger partial charge < -0.3 is 0 Å². The first-order valence-corrected chi connectivity index (χ1v) is 5.13. The van der Waals surface area contributed by atoms with E-state index in [1.54, 1.807) is 18.2 Å². The van der Waals surface area contributed by atoms with Gasteiger partial charge in [-0.3, -0.25) is 4.18 Å². The van der Waals surface area contributed by atoms with Crippen LogP contribution in [0.1, 0.15) is 0 Å². The van der Waals surface area contributed by atoms with Gasteiger partial charge in [-0.15, -0.1) is 6.58 Å². The van der Waals surface area contributed by atoms with Crippen molar-refractivity contribution in [2.24, 2.45) is 0 Å². The maximum atomic E-state index is 11.3. The summed E-state index contributed by atoms with van der Waals surface area (Å²) in [4.78, 5) is 0.164. The van der Waals surface area contributed by atoms with Gasteiger partial charge in [-0.2, -0.15) is 21.9 Å². The summed E-state index contributed by atoms with van der Waals surface area (Å²) in [6.45, 7) is 3.37. The molecule has 0 heterocycles. The molecule has 1 rings (SSSR count). The van der Waals surface area contributed by atoms with Crippen molar-refractivity contribution >= 4 is 23.6 Å². The molecular weight excluding hydrogens is 220 g/mol. The van der Waals surface area contributed by atoms with Gasteiger partial charge in [0.15, 0.2) is 0 Å². The zero-order chi connectivity index (χ0) is 9.73. The molecule has 0 aliphatic carbocycles. The molecule has 0 spiro atoms. The second kappa shape index (κ2) is 5.85. The van der Waals surface area contributed by atoms with Crippen molar-refractivity contribution in [1.29, 1.82) is 0 Å². The molecule has 0 amide bonds. The van der Waals surface area contributed by atoms with E-state index in [1.807, 2.05) is 0 Å². The highest BCUT2D eigenvalue weighted by molar-refractivity contribution is 7.86. The molecule has 3 nitrogen and oxygen atoms in total. The molecular formula is C9H12O3S2. The summed E-state index contributed by atoms with van der Waals surface area (Å²) in [5.41, 5.74) is 0. The molecule has 1 aromatic carbocycles. The molecule has 78 valence electrons. The normalized spacial score (nSPS) is 10.3. The third-order valence-corrected chi connectivity index (χ3v) is 2.67. The van der Waals surface area contributed by atoms with Crippen LogP contribution in [0.5, 0.6) is 0 Å². The largest absolute Gasteiger partial charge is 0.297 e. The Morgan fingerprint density at radius 2 is 1.86 bits per heavy atom. The van der Waals surface area contributed by atoms with Gasteiger partial charge in [-0.25, -0.2) is 0 Å². The van der Waals surface area contributed by atoms with Gasteiger partial charge in [0.25, 0.3) is 10.1 Å². The van der Waals surface area contributed by atoms with E-state index < -0.39 is 10.1 Å². The fourth-order valence-corrected chi connectivity index (χ4v) is 1.69. The van der Waals surface area contributed by atoms with Gasteiger partial charge in [0, 0.05) is 0 Å². The van der Waals surface area contributed by atoms with Crippen molar-refractivity contribution in [2.45, 2.75) is 4.90 Å². The number of benzene rings is 1. The minimum Gasteiger partial charge on any atom is -0.262 e. The van der Waals surface area contributed by atoms with Crippen LogP contribution in [0.25, 0.3) is 0 Å². The third-order valence-electron chi connectivity index (χ3n) is 1.37. The van der Waals surface area contributed by atoms with E-state index in [1.165, 1.54) is 18.2 Å². The van der Waals surface area contributed by atoms with Gasteiger partial charge >= 0.3 is 0 Å². The Morgan fingerprint density at radius 1 is 1.29 bits per heavy atom.